The van der Waals surface area contributed by atoms with Crippen LogP contribution in [0.25, 0.3) is 0 Å². The number of nitrogens with two attached hydrogens (primary N) is 1. The molecule has 0 saturated heterocycles. The molecule has 0 aliphatic rings. The molecule has 0 amide bonds. The van der Waals surface area contributed by atoms with Crippen LogP contribution in [-0.2, 0) is 11.2 Å². The van der Waals surface area contributed by atoms with E-state index in [9.17, 15) is 0 Å². The Hall–Kier alpha value is -2.39. The number of guanidine groups is 1. The molecule has 4 N–H and O–H groups in total. The van der Waals surface area contributed by atoms with Gasteiger partial charge >= 0.3 is 0 Å². The largest absolute Gasteiger partial charge is 0.370 e. The molecule has 0 bridgehead atoms. The lowest BCUT2D eigenvalue weighted by atomic mass is 10.0. The van der Waals surface area contributed by atoms with Crippen molar-refractivity contribution in [3.05, 3.63) is 90.0 Å². The van der Waals surface area contributed by atoms with E-state index in [2.05, 4.69) is 44.5 Å². The van der Waals surface area contributed by atoms with E-state index in [-0.39, 0.29) is 30.1 Å². The zero-order valence-corrected chi connectivity index (χ0v) is 18.7. The molecule has 0 unspecified atom stereocenters. The summed E-state index contributed by atoms with van der Waals surface area (Å²) in [5, 5.41) is 3.12. The number of aryl methyl sites for hydroxylation is 1. The minimum atomic E-state index is -0.100. The number of imidazole rings is 1. The van der Waals surface area contributed by atoms with Gasteiger partial charge in [0.15, 0.2) is 5.96 Å². The van der Waals surface area contributed by atoms with E-state index in [0.29, 0.717) is 25.7 Å². The maximum absolute atomic E-state index is 6.16. The van der Waals surface area contributed by atoms with Crippen LogP contribution in [0.15, 0.2) is 78.2 Å². The smallest absolute Gasteiger partial charge is 0.188 e. The van der Waals surface area contributed by atoms with Crippen molar-refractivity contribution in [2.75, 3.05) is 19.7 Å². The minimum absolute atomic E-state index is 0. The molecule has 1 aromatic heterocycles. The van der Waals surface area contributed by atoms with Gasteiger partial charge in [0.2, 0.25) is 0 Å². The van der Waals surface area contributed by atoms with Gasteiger partial charge in [-0.15, -0.1) is 24.0 Å². The predicted octanol–water partition coefficient (Wildman–Crippen LogP) is 3.67. The first-order valence-corrected chi connectivity index (χ1v) is 9.55. The molecule has 0 aliphatic carbocycles. The monoisotopic (exact) mass is 505 g/mol. The third-order valence-corrected chi connectivity index (χ3v) is 4.34. The summed E-state index contributed by atoms with van der Waals surface area (Å²) in [5.74, 6) is 0.448. The fraction of sp³-hybridized carbons (Fsp3) is 0.273. The second-order valence-electron chi connectivity index (χ2n) is 6.45. The second kappa shape index (κ2) is 12.9. The van der Waals surface area contributed by atoms with Crippen molar-refractivity contribution >= 4 is 29.9 Å². The molecule has 0 spiro atoms. The van der Waals surface area contributed by atoms with Crippen LogP contribution in [0.1, 0.15) is 29.3 Å². The molecule has 2 aromatic carbocycles. The number of nitrogens with zero attached hydrogens (tertiary/aromatic N) is 2. The Morgan fingerprint density at radius 3 is 2.31 bits per heavy atom. The number of aromatic amines is 1. The van der Waals surface area contributed by atoms with Gasteiger partial charge in [0.05, 0.1) is 12.9 Å². The van der Waals surface area contributed by atoms with Gasteiger partial charge in [-0.1, -0.05) is 60.7 Å². The van der Waals surface area contributed by atoms with Crippen LogP contribution < -0.4 is 11.1 Å². The van der Waals surface area contributed by atoms with Crippen LogP contribution in [0.3, 0.4) is 0 Å². The second-order valence-corrected chi connectivity index (χ2v) is 6.45. The quantitative estimate of drug-likeness (QED) is 0.170. The maximum atomic E-state index is 6.16. The van der Waals surface area contributed by atoms with Gasteiger partial charge in [0.25, 0.3) is 0 Å². The first kappa shape index (κ1) is 22.9. The standard InChI is InChI=1S/C22H27N5O.HI/c23-22(25-13-7-12-20-16-24-17-27-20)26-14-15-28-21(18-8-3-1-4-9-18)19-10-5-2-6-11-19;/h1-6,8-11,16-17,21H,7,12-15H2,(H,24,27)(H3,23,25,26);1H. The van der Waals surface area contributed by atoms with Crippen molar-refractivity contribution in [1.29, 1.82) is 0 Å². The molecule has 29 heavy (non-hydrogen) atoms. The van der Waals surface area contributed by atoms with Crippen LogP contribution in [0.4, 0.5) is 0 Å². The lowest BCUT2D eigenvalue weighted by Gasteiger charge is -2.19. The average Bonchev–Trinajstić information content (AvgIpc) is 3.26. The summed E-state index contributed by atoms with van der Waals surface area (Å²) in [7, 11) is 0. The average molecular weight is 505 g/mol. The van der Waals surface area contributed by atoms with Crippen LogP contribution in [0.2, 0.25) is 0 Å². The zero-order valence-electron chi connectivity index (χ0n) is 16.3. The number of aromatic nitrogens is 2. The van der Waals surface area contributed by atoms with Gasteiger partial charge in [-0.25, -0.2) is 4.98 Å². The molecule has 1 heterocycles. The highest BCUT2D eigenvalue weighted by atomic mass is 127. The molecule has 0 saturated carbocycles. The molecule has 0 aliphatic heterocycles. The number of hydrogen-bond donors (Lipinski definition) is 3. The highest BCUT2D eigenvalue weighted by molar-refractivity contribution is 14.0. The number of aliphatic imine (C=N–C) groups is 1. The van der Waals surface area contributed by atoms with Gasteiger partial charge in [0, 0.05) is 25.0 Å². The summed E-state index contributed by atoms with van der Waals surface area (Å²) >= 11 is 0. The topological polar surface area (TPSA) is 88.3 Å². The molecule has 154 valence electrons. The van der Waals surface area contributed by atoms with Gasteiger partial charge in [-0.3, -0.25) is 4.99 Å². The summed E-state index contributed by atoms with van der Waals surface area (Å²) in [4.78, 5) is 11.4. The Balaban J connectivity index is 0.00000300. The van der Waals surface area contributed by atoms with Crippen molar-refractivity contribution in [2.24, 2.45) is 10.7 Å². The number of halogens is 1. The zero-order chi connectivity index (χ0) is 19.4. The SMILES string of the molecule is I.NC(=NCCCc1cnc[nH]1)NCCOC(c1ccccc1)c1ccccc1. The number of hydrogen-bond acceptors (Lipinski definition) is 3. The molecule has 3 rings (SSSR count). The Morgan fingerprint density at radius 1 is 1.07 bits per heavy atom. The molecular formula is C22H28IN5O. The van der Waals surface area contributed by atoms with E-state index in [1.165, 1.54) is 0 Å². The highest BCUT2D eigenvalue weighted by Crippen LogP contribution is 2.25. The van der Waals surface area contributed by atoms with Crippen molar-refractivity contribution in [3.8, 4) is 0 Å². The number of nitrogens with one attached hydrogen (secondary N) is 2. The minimum Gasteiger partial charge on any atom is -0.370 e. The van der Waals surface area contributed by atoms with E-state index >= 15 is 0 Å². The lowest BCUT2D eigenvalue weighted by Crippen LogP contribution is -2.34. The van der Waals surface area contributed by atoms with Crippen molar-refractivity contribution < 1.29 is 4.74 Å². The molecule has 0 radical (unpaired) electrons. The number of H-pyrrole nitrogens is 1. The summed E-state index contributed by atoms with van der Waals surface area (Å²) in [6, 6.07) is 20.5. The first-order valence-electron chi connectivity index (χ1n) is 9.55. The molecular weight excluding hydrogens is 477 g/mol. The van der Waals surface area contributed by atoms with Gasteiger partial charge in [-0.2, -0.15) is 0 Å². The van der Waals surface area contributed by atoms with E-state index in [1.807, 2.05) is 42.6 Å². The molecule has 7 heteroatoms. The number of rotatable bonds is 10. The lowest BCUT2D eigenvalue weighted by molar-refractivity contribution is 0.0843. The van der Waals surface area contributed by atoms with E-state index < -0.39 is 0 Å². The summed E-state index contributed by atoms with van der Waals surface area (Å²) < 4.78 is 6.16. The Labute approximate surface area is 189 Å². The van der Waals surface area contributed by atoms with Crippen LogP contribution in [-0.4, -0.2) is 35.6 Å². The molecule has 6 nitrogen and oxygen atoms in total. The van der Waals surface area contributed by atoms with Crippen LogP contribution in [0, 0.1) is 0 Å². The van der Waals surface area contributed by atoms with Crippen LogP contribution in [0.5, 0.6) is 0 Å². The van der Waals surface area contributed by atoms with Gasteiger partial charge in [0.1, 0.15) is 6.10 Å². The van der Waals surface area contributed by atoms with E-state index in [1.54, 1.807) is 6.33 Å². The Bertz CT molecular complexity index is 785. The predicted molar refractivity (Wildman–Crippen MR) is 127 cm³/mol. The number of benzene rings is 2. The fourth-order valence-electron chi connectivity index (χ4n) is 2.94. The Kier molecular flexibility index (Phi) is 10.2. The van der Waals surface area contributed by atoms with Crippen molar-refractivity contribution in [2.45, 2.75) is 18.9 Å². The third kappa shape index (κ3) is 7.86. The van der Waals surface area contributed by atoms with Gasteiger partial charge < -0.3 is 20.8 Å². The first-order chi connectivity index (χ1) is 13.8. The third-order valence-electron chi connectivity index (χ3n) is 4.34. The van der Waals surface area contributed by atoms with E-state index in [0.717, 1.165) is 29.7 Å². The summed E-state index contributed by atoms with van der Waals surface area (Å²) in [5.41, 5.74) is 9.32. The molecule has 0 fully saturated rings. The van der Waals surface area contributed by atoms with Crippen molar-refractivity contribution in [3.63, 3.8) is 0 Å². The fourth-order valence-corrected chi connectivity index (χ4v) is 2.94. The van der Waals surface area contributed by atoms with Crippen molar-refractivity contribution in [1.82, 2.24) is 15.3 Å². The summed E-state index contributed by atoms with van der Waals surface area (Å²) in [6.45, 7) is 1.81. The van der Waals surface area contributed by atoms with Gasteiger partial charge in [-0.05, 0) is 24.0 Å². The number of ether oxygens (including phenoxy) is 1. The van der Waals surface area contributed by atoms with Crippen LogP contribution >= 0.6 is 24.0 Å². The van der Waals surface area contributed by atoms with E-state index in [4.69, 9.17) is 10.5 Å². The molecule has 0 atom stereocenters. The highest BCUT2D eigenvalue weighted by Gasteiger charge is 2.13. The summed E-state index contributed by atoms with van der Waals surface area (Å²) in [6.07, 6.45) is 5.25. The Morgan fingerprint density at radius 2 is 1.72 bits per heavy atom. The maximum Gasteiger partial charge on any atom is 0.188 e. The normalized spacial score (nSPS) is 11.3. The molecule has 3 aromatic rings.